The van der Waals surface area contributed by atoms with Gasteiger partial charge in [0, 0.05) is 5.56 Å². The molecule has 18 heavy (non-hydrogen) atoms. The molecular formula is C15H20O3. The maximum Gasteiger partial charge on any atom is 0.307 e. The van der Waals surface area contributed by atoms with Crippen LogP contribution < -0.4 is 4.74 Å². The average molecular weight is 248 g/mol. The molecule has 0 aliphatic heterocycles. The Kier molecular flexibility index (Phi) is 4.24. The second-order valence-corrected chi connectivity index (χ2v) is 4.98. The second kappa shape index (κ2) is 5.89. The molecule has 1 aromatic carbocycles. The molecule has 3 heteroatoms. The van der Waals surface area contributed by atoms with Crippen LogP contribution in [0.5, 0.6) is 5.75 Å². The van der Waals surface area contributed by atoms with Crippen molar-refractivity contribution < 1.29 is 14.6 Å². The number of aliphatic carboxylic acids is 1. The molecule has 0 bridgehead atoms. The molecule has 2 rings (SSSR count). The van der Waals surface area contributed by atoms with Gasteiger partial charge in [-0.2, -0.15) is 0 Å². The van der Waals surface area contributed by atoms with Crippen molar-refractivity contribution in [3.05, 3.63) is 29.3 Å². The molecule has 0 aromatic heterocycles. The molecule has 0 unspecified atom stereocenters. The number of carboxylic acid groups (broad SMARTS) is 1. The number of hydrogen-bond donors (Lipinski definition) is 1. The number of hydrogen-bond acceptors (Lipinski definition) is 2. The quantitative estimate of drug-likeness (QED) is 0.888. The number of methoxy groups -OCH3 is 1. The summed E-state index contributed by atoms with van der Waals surface area (Å²) in [5.41, 5.74) is 2.05. The van der Waals surface area contributed by atoms with E-state index in [-0.39, 0.29) is 6.42 Å². The first-order chi connectivity index (χ1) is 8.70. The Hall–Kier alpha value is -1.51. The molecule has 0 amide bonds. The van der Waals surface area contributed by atoms with Gasteiger partial charge in [-0.3, -0.25) is 4.79 Å². The third-order valence-corrected chi connectivity index (χ3v) is 3.73. The van der Waals surface area contributed by atoms with Crippen LogP contribution in [-0.4, -0.2) is 18.2 Å². The summed E-state index contributed by atoms with van der Waals surface area (Å²) >= 11 is 0. The fourth-order valence-electron chi connectivity index (χ4n) is 2.76. The lowest BCUT2D eigenvalue weighted by atomic mass is 9.83. The van der Waals surface area contributed by atoms with Crippen molar-refractivity contribution in [1.82, 2.24) is 0 Å². The van der Waals surface area contributed by atoms with Crippen LogP contribution in [0, 0.1) is 0 Å². The van der Waals surface area contributed by atoms with Crippen molar-refractivity contribution in [2.45, 2.75) is 44.4 Å². The number of benzene rings is 1. The minimum atomic E-state index is -0.821. The van der Waals surface area contributed by atoms with E-state index in [1.165, 1.54) is 37.7 Å². The van der Waals surface area contributed by atoms with Crippen molar-refractivity contribution in [3.8, 4) is 5.75 Å². The van der Waals surface area contributed by atoms with Crippen molar-refractivity contribution in [3.63, 3.8) is 0 Å². The SMILES string of the molecule is COc1cc(C2CCCCC2)ccc1CC(=O)O. The third-order valence-electron chi connectivity index (χ3n) is 3.73. The molecule has 1 aliphatic rings. The van der Waals surface area contributed by atoms with Gasteiger partial charge in [0.15, 0.2) is 0 Å². The Balaban J connectivity index is 2.20. The number of ether oxygens (including phenoxy) is 1. The zero-order chi connectivity index (χ0) is 13.0. The first-order valence-electron chi connectivity index (χ1n) is 6.59. The topological polar surface area (TPSA) is 46.5 Å². The van der Waals surface area contributed by atoms with E-state index in [0.29, 0.717) is 11.7 Å². The largest absolute Gasteiger partial charge is 0.496 e. The fraction of sp³-hybridized carbons (Fsp3) is 0.533. The first-order valence-corrected chi connectivity index (χ1v) is 6.59. The van der Waals surface area contributed by atoms with Crippen molar-refractivity contribution >= 4 is 5.97 Å². The van der Waals surface area contributed by atoms with Crippen LogP contribution in [0.1, 0.15) is 49.1 Å². The van der Waals surface area contributed by atoms with E-state index < -0.39 is 5.97 Å². The zero-order valence-electron chi connectivity index (χ0n) is 10.8. The van der Waals surface area contributed by atoms with E-state index in [2.05, 4.69) is 6.07 Å². The van der Waals surface area contributed by atoms with Gasteiger partial charge in [0.1, 0.15) is 5.75 Å². The van der Waals surface area contributed by atoms with Crippen molar-refractivity contribution in [2.24, 2.45) is 0 Å². The van der Waals surface area contributed by atoms with Gasteiger partial charge in [0.25, 0.3) is 0 Å². The molecule has 1 fully saturated rings. The lowest BCUT2D eigenvalue weighted by molar-refractivity contribution is -0.136. The van der Waals surface area contributed by atoms with Gasteiger partial charge in [0.05, 0.1) is 13.5 Å². The van der Waals surface area contributed by atoms with Crippen LogP contribution in [0.25, 0.3) is 0 Å². The van der Waals surface area contributed by atoms with Gasteiger partial charge in [0.2, 0.25) is 0 Å². The van der Waals surface area contributed by atoms with Gasteiger partial charge in [-0.25, -0.2) is 0 Å². The van der Waals surface area contributed by atoms with Gasteiger partial charge in [-0.15, -0.1) is 0 Å². The minimum Gasteiger partial charge on any atom is -0.496 e. The highest BCUT2D eigenvalue weighted by Gasteiger charge is 2.17. The smallest absolute Gasteiger partial charge is 0.307 e. The predicted octanol–water partition coefficient (Wildman–Crippen LogP) is 3.37. The zero-order valence-corrected chi connectivity index (χ0v) is 10.8. The summed E-state index contributed by atoms with van der Waals surface area (Å²) in [5.74, 6) is 0.505. The molecular weight excluding hydrogens is 228 g/mol. The highest BCUT2D eigenvalue weighted by molar-refractivity contribution is 5.71. The molecule has 0 saturated heterocycles. The summed E-state index contributed by atoms with van der Waals surface area (Å²) in [5, 5.41) is 8.85. The van der Waals surface area contributed by atoms with Gasteiger partial charge < -0.3 is 9.84 Å². The van der Waals surface area contributed by atoms with E-state index >= 15 is 0 Å². The number of carbonyl (C=O) groups is 1. The van der Waals surface area contributed by atoms with Crippen LogP contribution >= 0.6 is 0 Å². The van der Waals surface area contributed by atoms with Crippen LogP contribution in [-0.2, 0) is 11.2 Å². The number of carboxylic acids is 1. The molecule has 0 radical (unpaired) electrons. The summed E-state index contributed by atoms with van der Waals surface area (Å²) in [7, 11) is 1.60. The van der Waals surface area contributed by atoms with Crippen LogP contribution in [0.3, 0.4) is 0 Å². The highest BCUT2D eigenvalue weighted by Crippen LogP contribution is 2.35. The first kappa shape index (κ1) is 12.9. The standard InChI is InChI=1S/C15H20O3/c1-18-14-9-12(11-5-3-2-4-6-11)7-8-13(14)10-15(16)17/h7-9,11H,2-6,10H2,1H3,(H,16,17). The molecule has 98 valence electrons. The Bertz CT molecular complexity index is 420. The molecule has 3 nitrogen and oxygen atoms in total. The molecule has 1 aliphatic carbocycles. The molecule has 0 heterocycles. The summed E-state index contributed by atoms with van der Waals surface area (Å²) in [4.78, 5) is 10.8. The van der Waals surface area contributed by atoms with Crippen LogP contribution in [0.15, 0.2) is 18.2 Å². The van der Waals surface area contributed by atoms with Gasteiger partial charge >= 0.3 is 5.97 Å². The summed E-state index contributed by atoms with van der Waals surface area (Å²) in [6, 6.07) is 5.99. The van der Waals surface area contributed by atoms with Crippen LogP contribution in [0.4, 0.5) is 0 Å². The lowest BCUT2D eigenvalue weighted by Crippen LogP contribution is -2.07. The molecule has 0 atom stereocenters. The molecule has 1 saturated carbocycles. The Labute approximate surface area is 108 Å². The van der Waals surface area contributed by atoms with E-state index in [4.69, 9.17) is 9.84 Å². The normalized spacial score (nSPS) is 16.5. The van der Waals surface area contributed by atoms with E-state index in [0.717, 1.165) is 5.56 Å². The van der Waals surface area contributed by atoms with Gasteiger partial charge in [-0.05, 0) is 30.4 Å². The van der Waals surface area contributed by atoms with Crippen LogP contribution in [0.2, 0.25) is 0 Å². The fourth-order valence-corrected chi connectivity index (χ4v) is 2.76. The third kappa shape index (κ3) is 3.03. The average Bonchev–Trinajstić information content (AvgIpc) is 2.39. The molecule has 1 aromatic rings. The molecule has 1 N–H and O–H groups in total. The Morgan fingerprint density at radius 2 is 2.06 bits per heavy atom. The highest BCUT2D eigenvalue weighted by atomic mass is 16.5. The maximum absolute atomic E-state index is 10.8. The summed E-state index contributed by atoms with van der Waals surface area (Å²) < 4.78 is 5.31. The monoisotopic (exact) mass is 248 g/mol. The second-order valence-electron chi connectivity index (χ2n) is 4.98. The van der Waals surface area contributed by atoms with Crippen molar-refractivity contribution in [1.29, 1.82) is 0 Å². The maximum atomic E-state index is 10.8. The van der Waals surface area contributed by atoms with E-state index in [1.54, 1.807) is 7.11 Å². The van der Waals surface area contributed by atoms with Gasteiger partial charge in [-0.1, -0.05) is 31.4 Å². The molecule has 0 spiro atoms. The summed E-state index contributed by atoms with van der Waals surface area (Å²) in [6.45, 7) is 0. The van der Waals surface area contributed by atoms with E-state index in [1.807, 2.05) is 12.1 Å². The number of rotatable bonds is 4. The Morgan fingerprint density at radius 1 is 1.33 bits per heavy atom. The predicted molar refractivity (Wildman–Crippen MR) is 70.2 cm³/mol. The van der Waals surface area contributed by atoms with E-state index in [9.17, 15) is 4.79 Å². The summed E-state index contributed by atoms with van der Waals surface area (Å²) in [6.07, 6.45) is 6.43. The Morgan fingerprint density at radius 3 is 2.67 bits per heavy atom. The van der Waals surface area contributed by atoms with Crippen molar-refractivity contribution in [2.75, 3.05) is 7.11 Å². The lowest BCUT2D eigenvalue weighted by Gasteiger charge is -2.22. The minimum absolute atomic E-state index is 0.0219.